The van der Waals surface area contributed by atoms with E-state index in [1.54, 1.807) is 18.2 Å². The summed E-state index contributed by atoms with van der Waals surface area (Å²) in [6.45, 7) is 4.65. The summed E-state index contributed by atoms with van der Waals surface area (Å²) in [5.74, 6) is 0. The van der Waals surface area contributed by atoms with E-state index in [4.69, 9.17) is 9.59 Å². The maximum absolute atomic E-state index is 11.7. The third-order valence-electron chi connectivity index (χ3n) is 4.93. The molecule has 1 aliphatic rings. The fourth-order valence-electron chi connectivity index (χ4n) is 3.37. The zero-order valence-corrected chi connectivity index (χ0v) is 16.5. The predicted octanol–water partition coefficient (Wildman–Crippen LogP) is 3.20. The van der Waals surface area contributed by atoms with E-state index in [1.165, 1.54) is 31.2 Å². The highest BCUT2D eigenvalue weighted by Gasteiger charge is 2.19. The van der Waals surface area contributed by atoms with Gasteiger partial charge < -0.3 is 4.90 Å². The molecule has 1 saturated heterocycles. The van der Waals surface area contributed by atoms with Crippen LogP contribution in [0.15, 0.2) is 53.4 Å². The van der Waals surface area contributed by atoms with Gasteiger partial charge in [0, 0.05) is 18.8 Å². The average Bonchev–Trinajstić information content (AvgIpc) is 3.05. The topological polar surface area (TPSA) is 71.5 Å². The van der Waals surface area contributed by atoms with E-state index < -0.39 is 9.84 Å². The molecule has 1 heterocycles. The number of likely N-dealkylation sites (tertiary alicyclic amines) is 1. The van der Waals surface area contributed by atoms with Crippen LogP contribution in [0.25, 0.3) is 11.1 Å². The van der Waals surface area contributed by atoms with Crippen LogP contribution in [0, 0.1) is 0 Å². The van der Waals surface area contributed by atoms with Gasteiger partial charge in [-0.2, -0.15) is 9.59 Å². The van der Waals surface area contributed by atoms with Gasteiger partial charge in [-0.05, 0) is 61.6 Å². The molecule has 1 fully saturated rings. The standard InChI is InChI=1S/C20H25NO2S.CO2/c1-16-5-4-13-21(16)14-12-17-8-10-18(11-9-17)19-6-3-7-20(15-19)24(2,22)23;2-1-3/h3,6-11,15-16H,4-5,12-14H2,1-2H3;/t16-;/m1./s1. The number of sulfone groups is 1. The molecule has 0 aliphatic carbocycles. The SMILES string of the molecule is C[C@@H]1CCCN1CCc1ccc(-c2cccc(S(C)(=O)=O)c2)cc1.O=C=O. The first-order valence-corrected chi connectivity index (χ1v) is 10.9. The van der Waals surface area contributed by atoms with Crippen molar-refractivity contribution in [3.05, 3.63) is 54.1 Å². The average molecular weight is 388 g/mol. The number of hydrogen-bond acceptors (Lipinski definition) is 5. The summed E-state index contributed by atoms with van der Waals surface area (Å²) >= 11 is 0. The first kappa shape index (κ1) is 21.0. The lowest BCUT2D eigenvalue weighted by Crippen LogP contribution is -2.28. The Labute approximate surface area is 160 Å². The predicted molar refractivity (Wildman–Crippen MR) is 104 cm³/mol. The molecule has 5 nitrogen and oxygen atoms in total. The minimum Gasteiger partial charge on any atom is -0.300 e. The summed E-state index contributed by atoms with van der Waals surface area (Å²) in [6.07, 6.45) is 5.19. The second kappa shape index (κ2) is 9.60. The molecule has 0 radical (unpaired) electrons. The van der Waals surface area contributed by atoms with Gasteiger partial charge in [0.25, 0.3) is 0 Å². The van der Waals surface area contributed by atoms with Gasteiger partial charge in [0.15, 0.2) is 9.84 Å². The van der Waals surface area contributed by atoms with Crippen LogP contribution >= 0.6 is 0 Å². The minimum absolute atomic E-state index is 0.250. The molecule has 144 valence electrons. The van der Waals surface area contributed by atoms with Gasteiger partial charge in [0.1, 0.15) is 0 Å². The van der Waals surface area contributed by atoms with Gasteiger partial charge in [0.2, 0.25) is 0 Å². The van der Waals surface area contributed by atoms with Crippen LogP contribution in [0.2, 0.25) is 0 Å². The van der Waals surface area contributed by atoms with Crippen molar-refractivity contribution in [3.63, 3.8) is 0 Å². The maximum atomic E-state index is 11.7. The third-order valence-corrected chi connectivity index (χ3v) is 6.04. The summed E-state index contributed by atoms with van der Waals surface area (Å²) in [4.78, 5) is 19.2. The lowest BCUT2D eigenvalue weighted by molar-refractivity contribution is -0.191. The molecule has 0 N–H and O–H groups in total. The molecule has 27 heavy (non-hydrogen) atoms. The Morgan fingerprint density at radius 1 is 1.07 bits per heavy atom. The Hall–Kier alpha value is -2.27. The zero-order valence-electron chi connectivity index (χ0n) is 15.7. The molecular formula is C21H25NO4S. The second-order valence-corrected chi connectivity index (χ2v) is 8.87. The fourth-order valence-corrected chi connectivity index (χ4v) is 4.03. The summed E-state index contributed by atoms with van der Waals surface area (Å²) < 4.78 is 23.4. The number of carbonyl (C=O) groups excluding carboxylic acids is 2. The van der Waals surface area contributed by atoms with Crippen LogP contribution in [-0.2, 0) is 25.8 Å². The molecular weight excluding hydrogens is 362 g/mol. The molecule has 1 aliphatic heterocycles. The van der Waals surface area contributed by atoms with E-state index in [1.807, 2.05) is 6.07 Å². The van der Waals surface area contributed by atoms with E-state index >= 15 is 0 Å². The van der Waals surface area contributed by atoms with E-state index in [2.05, 4.69) is 36.1 Å². The minimum atomic E-state index is -3.17. The van der Waals surface area contributed by atoms with Crippen LogP contribution in [0.4, 0.5) is 0 Å². The Balaban J connectivity index is 0.000000817. The Kier molecular flexibility index (Phi) is 7.48. The molecule has 2 aromatic rings. The van der Waals surface area contributed by atoms with Gasteiger partial charge in [-0.1, -0.05) is 36.4 Å². The molecule has 0 bridgehead atoms. The van der Waals surface area contributed by atoms with Crippen molar-refractivity contribution in [2.45, 2.75) is 37.1 Å². The van der Waals surface area contributed by atoms with Crippen LogP contribution in [-0.4, -0.2) is 44.9 Å². The van der Waals surface area contributed by atoms with Gasteiger partial charge in [-0.3, -0.25) is 0 Å². The van der Waals surface area contributed by atoms with E-state index in [0.29, 0.717) is 10.9 Å². The summed E-state index contributed by atoms with van der Waals surface area (Å²) in [6, 6.07) is 16.3. The van der Waals surface area contributed by atoms with Crippen molar-refractivity contribution < 1.29 is 18.0 Å². The third kappa shape index (κ3) is 6.14. The van der Waals surface area contributed by atoms with Crippen molar-refractivity contribution in [2.24, 2.45) is 0 Å². The lowest BCUT2D eigenvalue weighted by atomic mass is 10.0. The van der Waals surface area contributed by atoms with E-state index in [9.17, 15) is 8.42 Å². The van der Waals surface area contributed by atoms with Crippen molar-refractivity contribution in [1.82, 2.24) is 4.90 Å². The molecule has 0 saturated carbocycles. The van der Waals surface area contributed by atoms with Gasteiger partial charge in [0.05, 0.1) is 4.90 Å². The van der Waals surface area contributed by atoms with Crippen LogP contribution < -0.4 is 0 Å². The van der Waals surface area contributed by atoms with E-state index in [0.717, 1.165) is 24.1 Å². The zero-order chi connectivity index (χ0) is 19.9. The summed E-state index contributed by atoms with van der Waals surface area (Å²) in [5.41, 5.74) is 3.33. The first-order chi connectivity index (χ1) is 12.8. The molecule has 6 heteroatoms. The van der Waals surface area contributed by atoms with Crippen LogP contribution in [0.5, 0.6) is 0 Å². The summed E-state index contributed by atoms with van der Waals surface area (Å²) in [5, 5.41) is 0. The van der Waals surface area contributed by atoms with Crippen LogP contribution in [0.3, 0.4) is 0 Å². The van der Waals surface area contributed by atoms with Crippen molar-refractivity contribution in [1.29, 1.82) is 0 Å². The number of benzene rings is 2. The molecule has 3 rings (SSSR count). The number of nitrogens with zero attached hydrogens (tertiary/aromatic N) is 1. The lowest BCUT2D eigenvalue weighted by Gasteiger charge is -2.20. The smallest absolute Gasteiger partial charge is 0.300 e. The van der Waals surface area contributed by atoms with Gasteiger partial charge in [-0.25, -0.2) is 8.42 Å². The first-order valence-electron chi connectivity index (χ1n) is 8.98. The van der Waals surface area contributed by atoms with Gasteiger partial charge >= 0.3 is 6.15 Å². The molecule has 1 atom stereocenters. The Bertz CT molecular complexity index is 885. The van der Waals surface area contributed by atoms with E-state index in [-0.39, 0.29) is 6.15 Å². The fraction of sp³-hybridized carbons (Fsp3) is 0.381. The molecule has 0 amide bonds. The highest BCUT2D eigenvalue weighted by atomic mass is 32.2. The highest BCUT2D eigenvalue weighted by Crippen LogP contribution is 2.23. The summed E-state index contributed by atoms with van der Waals surface area (Å²) in [7, 11) is -3.17. The molecule has 2 aromatic carbocycles. The molecule has 0 unspecified atom stereocenters. The maximum Gasteiger partial charge on any atom is 0.373 e. The Morgan fingerprint density at radius 3 is 2.30 bits per heavy atom. The van der Waals surface area contributed by atoms with Gasteiger partial charge in [-0.15, -0.1) is 0 Å². The highest BCUT2D eigenvalue weighted by molar-refractivity contribution is 7.90. The molecule has 0 aromatic heterocycles. The van der Waals surface area contributed by atoms with Crippen LogP contribution in [0.1, 0.15) is 25.3 Å². The van der Waals surface area contributed by atoms with Crippen molar-refractivity contribution in [3.8, 4) is 11.1 Å². The largest absolute Gasteiger partial charge is 0.373 e. The number of rotatable bonds is 5. The monoisotopic (exact) mass is 387 g/mol. The Morgan fingerprint density at radius 2 is 1.74 bits per heavy atom. The second-order valence-electron chi connectivity index (χ2n) is 6.86. The van der Waals surface area contributed by atoms with Crippen molar-refractivity contribution in [2.75, 3.05) is 19.3 Å². The number of hydrogen-bond donors (Lipinski definition) is 0. The van der Waals surface area contributed by atoms with Crippen molar-refractivity contribution >= 4 is 16.0 Å². The quantitative estimate of drug-likeness (QED) is 0.788. The normalized spacial score (nSPS) is 17.0. The molecule has 0 spiro atoms.